The molecule has 30 heavy (non-hydrogen) atoms. The Labute approximate surface area is 175 Å². The number of ether oxygens (including phenoxy) is 1. The number of fused-ring (bicyclic) bond motifs is 1. The summed E-state index contributed by atoms with van der Waals surface area (Å²) in [4.78, 5) is 16.7. The van der Waals surface area contributed by atoms with Crippen molar-refractivity contribution < 1.29 is 18.3 Å². The van der Waals surface area contributed by atoms with E-state index < -0.39 is 11.6 Å². The minimum Gasteiger partial charge on any atom is -0.487 e. The van der Waals surface area contributed by atoms with Crippen molar-refractivity contribution in [3.05, 3.63) is 65.9 Å². The predicted octanol–water partition coefficient (Wildman–Crippen LogP) is 6.25. The molecule has 0 radical (unpaired) electrons. The Morgan fingerprint density at radius 2 is 1.80 bits per heavy atom. The number of aromatic nitrogens is 1. The maximum absolute atomic E-state index is 13.4. The molecule has 0 bridgehead atoms. The largest absolute Gasteiger partial charge is 0.487 e. The number of carbonyl (C=O) groups excluding carboxylic acids is 1. The van der Waals surface area contributed by atoms with E-state index >= 15 is 0 Å². The Bertz CT molecular complexity index is 1050. The minimum absolute atomic E-state index is 0.0116. The molecule has 0 atom stereocenters. The molecular formula is C24H26F2N2O2. The summed E-state index contributed by atoms with van der Waals surface area (Å²) in [6, 6.07) is 12.7. The van der Waals surface area contributed by atoms with E-state index in [4.69, 9.17) is 4.74 Å². The van der Waals surface area contributed by atoms with E-state index in [0.717, 1.165) is 25.0 Å². The molecule has 0 fully saturated rings. The molecule has 0 saturated heterocycles. The maximum Gasteiger partial charge on any atom is 0.224 e. The van der Waals surface area contributed by atoms with Crippen LogP contribution in [0.15, 0.2) is 48.5 Å². The van der Waals surface area contributed by atoms with Crippen LogP contribution >= 0.6 is 0 Å². The van der Waals surface area contributed by atoms with Gasteiger partial charge in [-0.3, -0.25) is 4.79 Å². The van der Waals surface area contributed by atoms with Gasteiger partial charge in [-0.05, 0) is 29.7 Å². The van der Waals surface area contributed by atoms with E-state index in [1.165, 1.54) is 0 Å². The number of rotatable bonds is 8. The average Bonchev–Trinajstić information content (AvgIpc) is 2.73. The molecule has 0 aliphatic rings. The number of nitrogens with zero attached hydrogens (tertiary/aromatic N) is 1. The van der Waals surface area contributed by atoms with Crippen LogP contribution < -0.4 is 10.1 Å². The van der Waals surface area contributed by atoms with Gasteiger partial charge in [0.2, 0.25) is 5.91 Å². The first-order valence-electron chi connectivity index (χ1n) is 10.1. The van der Waals surface area contributed by atoms with Gasteiger partial charge in [-0.1, -0.05) is 45.7 Å². The van der Waals surface area contributed by atoms with Crippen molar-refractivity contribution in [3.8, 4) is 5.75 Å². The SMILES string of the molecule is CCC(C)(CC)CC(=O)Nc1cccc(OCc2ccc3cc(F)c(F)cc3n2)c1. The van der Waals surface area contributed by atoms with Gasteiger partial charge in [0.15, 0.2) is 11.6 Å². The second-order valence-corrected chi connectivity index (χ2v) is 7.82. The molecule has 2 aromatic carbocycles. The van der Waals surface area contributed by atoms with Gasteiger partial charge in [-0.15, -0.1) is 0 Å². The molecule has 0 aliphatic heterocycles. The second-order valence-electron chi connectivity index (χ2n) is 7.82. The van der Waals surface area contributed by atoms with Crippen LogP contribution in [-0.4, -0.2) is 10.9 Å². The highest BCUT2D eigenvalue weighted by molar-refractivity contribution is 5.91. The quantitative estimate of drug-likeness (QED) is 0.476. The van der Waals surface area contributed by atoms with Crippen LogP contribution in [0.2, 0.25) is 0 Å². The van der Waals surface area contributed by atoms with Crippen molar-refractivity contribution in [2.24, 2.45) is 5.41 Å². The summed E-state index contributed by atoms with van der Waals surface area (Å²) in [5.41, 5.74) is 1.61. The number of pyridine rings is 1. The Morgan fingerprint density at radius 3 is 2.53 bits per heavy atom. The van der Waals surface area contributed by atoms with Crippen molar-refractivity contribution in [1.29, 1.82) is 0 Å². The fourth-order valence-corrected chi connectivity index (χ4v) is 3.15. The second kappa shape index (κ2) is 9.20. The van der Waals surface area contributed by atoms with E-state index in [0.29, 0.717) is 34.5 Å². The van der Waals surface area contributed by atoms with Gasteiger partial charge in [0, 0.05) is 29.6 Å². The van der Waals surface area contributed by atoms with Crippen molar-refractivity contribution >= 4 is 22.5 Å². The van der Waals surface area contributed by atoms with Crippen LogP contribution in [0.5, 0.6) is 5.75 Å². The van der Waals surface area contributed by atoms with E-state index in [9.17, 15) is 13.6 Å². The molecule has 3 rings (SSSR count). The molecule has 0 saturated carbocycles. The average molecular weight is 412 g/mol. The summed E-state index contributed by atoms with van der Waals surface area (Å²) in [6.45, 7) is 6.47. The van der Waals surface area contributed by atoms with Crippen LogP contribution in [0.1, 0.15) is 45.7 Å². The number of nitrogens with one attached hydrogen (secondary N) is 1. The molecule has 0 unspecified atom stereocenters. The highest BCUT2D eigenvalue weighted by atomic mass is 19.2. The lowest BCUT2D eigenvalue weighted by molar-refractivity contribution is -0.118. The third kappa shape index (κ3) is 5.32. The summed E-state index contributed by atoms with van der Waals surface area (Å²) in [7, 11) is 0. The lowest BCUT2D eigenvalue weighted by Gasteiger charge is -2.25. The van der Waals surface area contributed by atoms with Crippen LogP contribution in [0, 0.1) is 17.0 Å². The Morgan fingerprint density at radius 1 is 1.07 bits per heavy atom. The molecule has 3 aromatic rings. The van der Waals surface area contributed by atoms with Crippen LogP contribution in [0.25, 0.3) is 10.9 Å². The zero-order valence-electron chi connectivity index (χ0n) is 17.5. The van der Waals surface area contributed by atoms with Crippen molar-refractivity contribution in [3.63, 3.8) is 0 Å². The van der Waals surface area contributed by atoms with Crippen molar-refractivity contribution in [2.45, 2.75) is 46.6 Å². The van der Waals surface area contributed by atoms with E-state index in [2.05, 4.69) is 31.1 Å². The molecule has 1 aromatic heterocycles. The summed E-state index contributed by atoms with van der Waals surface area (Å²) in [5, 5.41) is 3.45. The monoisotopic (exact) mass is 412 g/mol. The minimum atomic E-state index is -0.932. The van der Waals surface area contributed by atoms with Gasteiger partial charge in [0.05, 0.1) is 11.2 Å². The first kappa shape index (κ1) is 21.7. The summed E-state index contributed by atoms with van der Waals surface area (Å²) >= 11 is 0. The number of hydrogen-bond donors (Lipinski definition) is 1. The Kier molecular flexibility index (Phi) is 6.65. The van der Waals surface area contributed by atoms with Gasteiger partial charge >= 0.3 is 0 Å². The molecular weight excluding hydrogens is 386 g/mol. The van der Waals surface area contributed by atoms with Crippen molar-refractivity contribution in [2.75, 3.05) is 5.32 Å². The molecule has 6 heteroatoms. The lowest BCUT2D eigenvalue weighted by Crippen LogP contribution is -2.23. The zero-order valence-corrected chi connectivity index (χ0v) is 17.5. The molecule has 1 heterocycles. The van der Waals surface area contributed by atoms with Gasteiger partial charge in [-0.2, -0.15) is 0 Å². The Balaban J connectivity index is 1.65. The highest BCUT2D eigenvalue weighted by Gasteiger charge is 2.23. The molecule has 1 N–H and O–H groups in total. The molecule has 158 valence electrons. The first-order valence-corrected chi connectivity index (χ1v) is 10.1. The number of amides is 1. The van der Waals surface area contributed by atoms with Gasteiger partial charge in [0.25, 0.3) is 0 Å². The number of anilines is 1. The maximum atomic E-state index is 13.4. The lowest BCUT2D eigenvalue weighted by atomic mass is 9.81. The molecule has 1 amide bonds. The van der Waals surface area contributed by atoms with Crippen molar-refractivity contribution in [1.82, 2.24) is 4.98 Å². The fourth-order valence-electron chi connectivity index (χ4n) is 3.15. The normalized spacial score (nSPS) is 11.5. The number of benzene rings is 2. The standard InChI is InChI=1S/C24H26F2N2O2/c1-4-24(3,5-2)14-23(29)28-17-7-6-8-19(12-17)30-15-18-10-9-16-11-20(25)21(26)13-22(16)27-18/h6-13H,4-5,14-15H2,1-3H3,(H,28,29). The number of hydrogen-bond acceptors (Lipinski definition) is 3. The smallest absolute Gasteiger partial charge is 0.224 e. The third-order valence-corrected chi connectivity index (χ3v) is 5.59. The topological polar surface area (TPSA) is 51.2 Å². The number of halogens is 2. The first-order chi connectivity index (χ1) is 14.3. The molecule has 0 aliphatic carbocycles. The third-order valence-electron chi connectivity index (χ3n) is 5.59. The zero-order chi connectivity index (χ0) is 21.7. The van der Waals surface area contributed by atoms with Gasteiger partial charge in [0.1, 0.15) is 12.4 Å². The van der Waals surface area contributed by atoms with Gasteiger partial charge < -0.3 is 10.1 Å². The van der Waals surface area contributed by atoms with Gasteiger partial charge in [-0.25, -0.2) is 13.8 Å². The number of carbonyl (C=O) groups is 1. The molecule has 4 nitrogen and oxygen atoms in total. The molecule has 0 spiro atoms. The summed E-state index contributed by atoms with van der Waals surface area (Å²) < 4.78 is 32.5. The van der Waals surface area contributed by atoms with E-state index in [1.807, 2.05) is 6.07 Å². The van der Waals surface area contributed by atoms with Crippen LogP contribution in [-0.2, 0) is 11.4 Å². The Hall–Kier alpha value is -3.02. The highest BCUT2D eigenvalue weighted by Crippen LogP contribution is 2.30. The van der Waals surface area contributed by atoms with Crippen LogP contribution in [0.3, 0.4) is 0 Å². The summed E-state index contributed by atoms with van der Waals surface area (Å²) in [5.74, 6) is -1.28. The van der Waals surface area contributed by atoms with E-state index in [1.54, 1.807) is 30.3 Å². The predicted molar refractivity (Wildman–Crippen MR) is 114 cm³/mol. The fraction of sp³-hybridized carbons (Fsp3) is 0.333. The van der Waals surface area contributed by atoms with Crippen LogP contribution in [0.4, 0.5) is 14.5 Å². The summed E-state index contributed by atoms with van der Waals surface area (Å²) in [6.07, 6.45) is 2.34. The van der Waals surface area contributed by atoms with E-state index in [-0.39, 0.29) is 17.9 Å².